The fourth-order valence-corrected chi connectivity index (χ4v) is 5.47. The van der Waals surface area contributed by atoms with Crippen LogP contribution in [0.3, 0.4) is 0 Å². The van der Waals surface area contributed by atoms with E-state index >= 15 is 0 Å². The molecule has 0 atom stereocenters. The van der Waals surface area contributed by atoms with Crippen LogP contribution in [0.15, 0.2) is 52.3 Å². The summed E-state index contributed by atoms with van der Waals surface area (Å²) in [6, 6.07) is 10.8. The van der Waals surface area contributed by atoms with Crippen LogP contribution < -0.4 is 4.40 Å². The summed E-state index contributed by atoms with van der Waals surface area (Å²) in [5.41, 5.74) is 0. The van der Waals surface area contributed by atoms with Crippen LogP contribution in [0.25, 0.3) is 0 Å². The van der Waals surface area contributed by atoms with Gasteiger partial charge in [0.2, 0.25) is 0 Å². The van der Waals surface area contributed by atoms with Crippen molar-refractivity contribution in [2.45, 2.75) is 0 Å². The molecule has 0 N–H and O–H groups in total. The fourth-order valence-electron chi connectivity index (χ4n) is 1.33. The molecule has 0 radical (unpaired) electrons. The van der Waals surface area contributed by atoms with Gasteiger partial charge in [-0.2, -0.15) is 0 Å². The van der Waals surface area contributed by atoms with Gasteiger partial charge in [-0.1, -0.05) is 0 Å². The van der Waals surface area contributed by atoms with E-state index in [9.17, 15) is 0 Å². The Balaban J connectivity index is 2.30. The average molecular weight is 203 g/mol. The van der Waals surface area contributed by atoms with Gasteiger partial charge in [-0.15, -0.1) is 0 Å². The maximum absolute atomic E-state index is 2.39. The summed E-state index contributed by atoms with van der Waals surface area (Å²) >= 11 is -1.26. The summed E-state index contributed by atoms with van der Waals surface area (Å²) in [6.07, 6.45) is 4.36. The minimum absolute atomic E-state index is 1.26. The molecule has 0 nitrogen and oxygen atoms in total. The van der Waals surface area contributed by atoms with Crippen molar-refractivity contribution in [3.63, 3.8) is 0 Å². The van der Waals surface area contributed by atoms with Crippen molar-refractivity contribution in [3.8, 4) is 0 Å². The Bertz CT molecular complexity index is 273. The SMILES string of the molecule is C1=[CH][GeH]([c]2ccccc2)[CH]=C1. The first-order chi connectivity index (χ1) is 5.47. The van der Waals surface area contributed by atoms with Gasteiger partial charge < -0.3 is 0 Å². The van der Waals surface area contributed by atoms with Crippen LogP contribution in [-0.4, -0.2) is 14.3 Å². The predicted octanol–water partition coefficient (Wildman–Crippen LogP) is 1.33. The zero-order chi connectivity index (χ0) is 7.52. The Morgan fingerprint density at radius 1 is 0.818 bits per heavy atom. The van der Waals surface area contributed by atoms with Crippen molar-refractivity contribution in [1.29, 1.82) is 0 Å². The number of hydrogen-bond donors (Lipinski definition) is 0. The summed E-state index contributed by atoms with van der Waals surface area (Å²) in [4.78, 5) is 4.78. The Labute approximate surface area is 71.4 Å². The van der Waals surface area contributed by atoms with Crippen molar-refractivity contribution in [2.24, 2.45) is 0 Å². The summed E-state index contributed by atoms with van der Waals surface area (Å²) in [7, 11) is 0. The quantitative estimate of drug-likeness (QED) is 0.603. The van der Waals surface area contributed by atoms with Crippen molar-refractivity contribution in [2.75, 3.05) is 0 Å². The molecule has 1 heterocycles. The average Bonchev–Trinajstić information content (AvgIpc) is 2.58. The Kier molecular flexibility index (Phi) is 1.95. The van der Waals surface area contributed by atoms with E-state index in [0.717, 1.165) is 0 Å². The molecule has 1 aromatic carbocycles. The van der Waals surface area contributed by atoms with Crippen molar-refractivity contribution >= 4 is 18.7 Å². The van der Waals surface area contributed by atoms with E-state index in [2.05, 4.69) is 52.3 Å². The van der Waals surface area contributed by atoms with E-state index in [1.807, 2.05) is 0 Å². The normalized spacial score (nSPS) is 16.0. The van der Waals surface area contributed by atoms with Gasteiger partial charge in [-0.25, -0.2) is 0 Å². The third-order valence-corrected chi connectivity index (χ3v) is 7.03. The van der Waals surface area contributed by atoms with Crippen LogP contribution in [0, 0.1) is 0 Å². The fraction of sp³-hybridized carbons (Fsp3) is 0. The molecule has 0 saturated heterocycles. The van der Waals surface area contributed by atoms with E-state index in [1.54, 1.807) is 4.40 Å². The van der Waals surface area contributed by atoms with Crippen LogP contribution in [0.1, 0.15) is 0 Å². The zero-order valence-electron chi connectivity index (χ0n) is 6.27. The summed E-state index contributed by atoms with van der Waals surface area (Å²) in [6.45, 7) is 0. The molecule has 2 rings (SSSR count). The second-order valence-corrected chi connectivity index (χ2v) is 7.93. The molecule has 1 aromatic rings. The standard InChI is InChI=1S/C10H10Ge/c1-2-6-10(7-3-1)11-8-4-5-9-11/h1-9,11H. The van der Waals surface area contributed by atoms with Crippen LogP contribution in [0.5, 0.6) is 0 Å². The van der Waals surface area contributed by atoms with Gasteiger partial charge in [0.1, 0.15) is 0 Å². The summed E-state index contributed by atoms with van der Waals surface area (Å²) in [5.74, 6) is 0. The minimum atomic E-state index is -1.26. The van der Waals surface area contributed by atoms with Gasteiger partial charge in [0.25, 0.3) is 0 Å². The number of rotatable bonds is 1. The molecule has 1 heteroatoms. The van der Waals surface area contributed by atoms with Gasteiger partial charge in [-0.3, -0.25) is 0 Å². The molecule has 0 fully saturated rings. The zero-order valence-corrected chi connectivity index (χ0v) is 8.70. The molecule has 11 heavy (non-hydrogen) atoms. The topological polar surface area (TPSA) is 0 Å². The molecular weight excluding hydrogens is 193 g/mol. The van der Waals surface area contributed by atoms with Crippen LogP contribution in [0.2, 0.25) is 0 Å². The molecule has 0 saturated carbocycles. The third-order valence-electron chi connectivity index (χ3n) is 1.93. The second-order valence-electron chi connectivity index (χ2n) is 2.71. The number of benzene rings is 1. The molecule has 0 unspecified atom stereocenters. The molecule has 0 bridgehead atoms. The van der Waals surface area contributed by atoms with Crippen molar-refractivity contribution < 1.29 is 0 Å². The molecule has 0 amide bonds. The van der Waals surface area contributed by atoms with Gasteiger partial charge in [-0.05, 0) is 0 Å². The van der Waals surface area contributed by atoms with E-state index in [1.165, 1.54) is 0 Å². The summed E-state index contributed by atoms with van der Waals surface area (Å²) in [5, 5.41) is 0. The van der Waals surface area contributed by atoms with Crippen LogP contribution in [-0.2, 0) is 0 Å². The molecule has 0 aromatic heterocycles. The number of allylic oxidation sites excluding steroid dienone is 2. The van der Waals surface area contributed by atoms with E-state index in [4.69, 9.17) is 0 Å². The van der Waals surface area contributed by atoms with E-state index in [-0.39, 0.29) is 0 Å². The first-order valence-corrected chi connectivity index (χ1v) is 7.87. The monoisotopic (exact) mass is 204 g/mol. The first-order valence-electron chi connectivity index (χ1n) is 3.87. The molecule has 1 aliphatic heterocycles. The van der Waals surface area contributed by atoms with Gasteiger partial charge in [0, 0.05) is 0 Å². The second kappa shape index (κ2) is 3.10. The summed E-state index contributed by atoms with van der Waals surface area (Å²) < 4.78 is 1.56. The molecule has 0 aliphatic carbocycles. The molecule has 1 aliphatic rings. The van der Waals surface area contributed by atoms with Crippen LogP contribution >= 0.6 is 0 Å². The number of hydrogen-bond acceptors (Lipinski definition) is 0. The Morgan fingerprint density at radius 2 is 1.45 bits per heavy atom. The van der Waals surface area contributed by atoms with Crippen molar-refractivity contribution in [3.05, 3.63) is 52.3 Å². The first kappa shape index (κ1) is 6.92. The van der Waals surface area contributed by atoms with E-state index < -0.39 is 14.3 Å². The molecule has 0 spiro atoms. The van der Waals surface area contributed by atoms with Crippen molar-refractivity contribution in [1.82, 2.24) is 0 Å². The van der Waals surface area contributed by atoms with E-state index in [0.29, 0.717) is 0 Å². The maximum atomic E-state index is 2.39. The van der Waals surface area contributed by atoms with Gasteiger partial charge >= 0.3 is 71.0 Å². The predicted molar refractivity (Wildman–Crippen MR) is 51.5 cm³/mol. The third kappa shape index (κ3) is 1.46. The molecular formula is C10H10Ge. The van der Waals surface area contributed by atoms with Crippen LogP contribution in [0.4, 0.5) is 0 Å². The van der Waals surface area contributed by atoms with Gasteiger partial charge in [0.05, 0.1) is 0 Å². The Hall–Kier alpha value is -0.757. The Morgan fingerprint density at radius 3 is 2.09 bits per heavy atom. The molecule has 54 valence electrons. The van der Waals surface area contributed by atoms with Gasteiger partial charge in [0.15, 0.2) is 0 Å².